The summed E-state index contributed by atoms with van der Waals surface area (Å²) >= 11 is 0. The number of hydrogen-bond donors (Lipinski definition) is 1. The lowest BCUT2D eigenvalue weighted by molar-refractivity contribution is -0.0843. The Balaban J connectivity index is 1.17. The Kier molecular flexibility index (Phi) is 5.38. The normalized spacial score (nSPS) is 25.3. The minimum atomic E-state index is -0.212. The third-order valence-electron chi connectivity index (χ3n) is 7.29. The number of carbonyl (C=O) groups is 1. The summed E-state index contributed by atoms with van der Waals surface area (Å²) < 4.78 is 21.1. The zero-order chi connectivity index (χ0) is 22.4. The van der Waals surface area contributed by atoms with E-state index < -0.39 is 0 Å². The molecule has 0 radical (unpaired) electrons. The van der Waals surface area contributed by atoms with Crippen LogP contribution in [0.4, 0.5) is 4.39 Å². The molecule has 1 aliphatic carbocycles. The molecule has 2 unspecified atom stereocenters. The summed E-state index contributed by atoms with van der Waals surface area (Å²) in [5.74, 6) is 0.390. The van der Waals surface area contributed by atoms with Crippen LogP contribution in [-0.4, -0.2) is 51.9 Å². The van der Waals surface area contributed by atoms with Crippen LogP contribution in [0.5, 0.6) is 0 Å². The Hall–Kier alpha value is -2.77. The Morgan fingerprint density at radius 3 is 2.52 bits per heavy atom. The predicted octanol–water partition coefficient (Wildman–Crippen LogP) is 3.75. The molecule has 3 aromatic rings. The van der Waals surface area contributed by atoms with Gasteiger partial charge in [0.25, 0.3) is 5.91 Å². The average molecular weight is 449 g/mol. The molecule has 1 aromatic heterocycles. The number of hydrogen-bond acceptors (Lipinski definition) is 4. The molecule has 3 fully saturated rings. The van der Waals surface area contributed by atoms with Crippen molar-refractivity contribution in [2.24, 2.45) is 5.92 Å². The number of fused-ring (bicyclic) bond motifs is 3. The number of halogens is 1. The summed E-state index contributed by atoms with van der Waals surface area (Å²) in [5, 5.41) is 8.93. The maximum atomic E-state index is 13.3. The van der Waals surface area contributed by atoms with Crippen molar-refractivity contribution in [2.45, 2.75) is 56.9 Å². The first-order valence-corrected chi connectivity index (χ1v) is 12.0. The molecular weight excluding hydrogens is 419 g/mol. The number of nitrogens with zero attached hydrogens (tertiary/aromatic N) is 3. The number of aromatic nitrogens is 2. The monoisotopic (exact) mass is 448 g/mol. The molecule has 2 saturated heterocycles. The molecule has 6 nitrogen and oxygen atoms in total. The SMILES string of the molecule is O=C(NC1CC2COCC(C1)N2Cc1ccc(F)cc1)c1nn(CC2CC2)c2ccccc12. The molecular formula is C26H29FN4O2. The topological polar surface area (TPSA) is 59.4 Å². The number of amides is 1. The van der Waals surface area contributed by atoms with Crippen molar-refractivity contribution in [3.63, 3.8) is 0 Å². The molecule has 3 aliphatic rings. The Bertz CT molecular complexity index is 1140. The van der Waals surface area contributed by atoms with Crippen molar-refractivity contribution in [1.29, 1.82) is 0 Å². The van der Waals surface area contributed by atoms with Crippen molar-refractivity contribution in [3.05, 3.63) is 65.6 Å². The van der Waals surface area contributed by atoms with Crippen LogP contribution in [0.15, 0.2) is 48.5 Å². The van der Waals surface area contributed by atoms with Crippen molar-refractivity contribution in [1.82, 2.24) is 20.0 Å². The fourth-order valence-corrected chi connectivity index (χ4v) is 5.40. The number of nitrogens with one attached hydrogen (secondary N) is 1. The summed E-state index contributed by atoms with van der Waals surface area (Å²) in [6.45, 7) is 2.97. The third kappa shape index (κ3) is 4.27. The number of piperidine rings is 1. The third-order valence-corrected chi connectivity index (χ3v) is 7.29. The minimum Gasteiger partial charge on any atom is -0.378 e. The van der Waals surface area contributed by atoms with Gasteiger partial charge in [0.05, 0.1) is 18.7 Å². The number of carbonyl (C=O) groups excluding carboxylic acids is 1. The van der Waals surface area contributed by atoms with Crippen LogP contribution in [0.25, 0.3) is 10.9 Å². The number of benzene rings is 2. The van der Waals surface area contributed by atoms with Crippen LogP contribution in [0.3, 0.4) is 0 Å². The minimum absolute atomic E-state index is 0.0864. The average Bonchev–Trinajstić information content (AvgIpc) is 3.55. The quantitative estimate of drug-likeness (QED) is 0.624. The summed E-state index contributed by atoms with van der Waals surface area (Å²) in [6, 6.07) is 15.3. The molecule has 7 heteroatoms. The van der Waals surface area contributed by atoms with Crippen LogP contribution in [0.2, 0.25) is 0 Å². The van der Waals surface area contributed by atoms with Crippen molar-refractivity contribution in [3.8, 4) is 0 Å². The highest BCUT2D eigenvalue weighted by Gasteiger charge is 2.39. The van der Waals surface area contributed by atoms with Gasteiger partial charge in [-0.3, -0.25) is 14.4 Å². The van der Waals surface area contributed by atoms with Gasteiger partial charge in [-0.2, -0.15) is 5.10 Å². The second-order valence-electron chi connectivity index (χ2n) is 9.78. The maximum absolute atomic E-state index is 13.3. The molecule has 1 N–H and O–H groups in total. The lowest BCUT2D eigenvalue weighted by atomic mass is 9.89. The molecule has 172 valence electrons. The van der Waals surface area contributed by atoms with E-state index in [0.29, 0.717) is 24.8 Å². The number of rotatable bonds is 6. The largest absolute Gasteiger partial charge is 0.378 e. The van der Waals surface area contributed by atoms with E-state index in [9.17, 15) is 9.18 Å². The standard InChI is InChI=1S/C26H29FN4O2/c27-19-9-7-17(8-10-19)13-30-21-11-20(12-22(30)16-33-15-21)28-26(32)25-23-3-1-2-4-24(23)31(29-25)14-18-5-6-18/h1-4,7-10,18,20-22H,5-6,11-16H2,(H,28,32). The van der Waals surface area contributed by atoms with Gasteiger partial charge in [0.15, 0.2) is 5.69 Å². The van der Waals surface area contributed by atoms with E-state index in [4.69, 9.17) is 9.84 Å². The van der Waals surface area contributed by atoms with Crippen molar-refractivity contribution in [2.75, 3.05) is 13.2 Å². The molecule has 0 spiro atoms. The molecule has 2 atom stereocenters. The van der Waals surface area contributed by atoms with Gasteiger partial charge < -0.3 is 10.1 Å². The highest BCUT2D eigenvalue weighted by atomic mass is 19.1. The zero-order valence-corrected chi connectivity index (χ0v) is 18.6. The van der Waals surface area contributed by atoms with E-state index in [-0.39, 0.29) is 29.8 Å². The van der Waals surface area contributed by atoms with Crippen LogP contribution < -0.4 is 5.32 Å². The van der Waals surface area contributed by atoms with Gasteiger partial charge in [-0.05, 0) is 55.4 Å². The van der Waals surface area contributed by atoms with Crippen LogP contribution in [0, 0.1) is 11.7 Å². The lowest BCUT2D eigenvalue weighted by Gasteiger charge is -2.48. The van der Waals surface area contributed by atoms with E-state index in [0.717, 1.165) is 42.4 Å². The van der Waals surface area contributed by atoms with Gasteiger partial charge in [-0.25, -0.2) is 4.39 Å². The molecule has 1 saturated carbocycles. The second kappa shape index (κ2) is 8.54. The summed E-state index contributed by atoms with van der Waals surface area (Å²) in [6.07, 6.45) is 4.17. The number of para-hydroxylation sites is 1. The van der Waals surface area contributed by atoms with E-state index >= 15 is 0 Å². The summed E-state index contributed by atoms with van der Waals surface area (Å²) in [5.41, 5.74) is 2.67. The number of morpholine rings is 1. The van der Waals surface area contributed by atoms with Gasteiger partial charge in [-0.1, -0.05) is 30.3 Å². The van der Waals surface area contributed by atoms with Gasteiger partial charge in [0, 0.05) is 36.6 Å². The highest BCUT2D eigenvalue weighted by Crippen LogP contribution is 2.33. The van der Waals surface area contributed by atoms with Crippen LogP contribution >= 0.6 is 0 Å². The van der Waals surface area contributed by atoms with E-state index in [1.54, 1.807) is 0 Å². The van der Waals surface area contributed by atoms with E-state index in [1.165, 1.54) is 25.0 Å². The van der Waals surface area contributed by atoms with Gasteiger partial charge in [-0.15, -0.1) is 0 Å². The second-order valence-corrected chi connectivity index (χ2v) is 9.78. The smallest absolute Gasteiger partial charge is 0.272 e. The fourth-order valence-electron chi connectivity index (χ4n) is 5.40. The van der Waals surface area contributed by atoms with Gasteiger partial charge >= 0.3 is 0 Å². The molecule has 1 amide bonds. The van der Waals surface area contributed by atoms with Crippen molar-refractivity contribution < 1.29 is 13.9 Å². The molecule has 2 aromatic carbocycles. The van der Waals surface area contributed by atoms with Crippen LogP contribution in [-0.2, 0) is 17.8 Å². The van der Waals surface area contributed by atoms with Gasteiger partial charge in [0.2, 0.25) is 0 Å². The van der Waals surface area contributed by atoms with E-state index in [1.807, 2.05) is 35.0 Å². The fraction of sp³-hybridized carbons (Fsp3) is 0.462. The summed E-state index contributed by atoms with van der Waals surface area (Å²) in [4.78, 5) is 15.8. The van der Waals surface area contributed by atoms with E-state index in [2.05, 4.69) is 16.3 Å². The summed E-state index contributed by atoms with van der Waals surface area (Å²) in [7, 11) is 0. The molecule has 6 rings (SSSR count). The predicted molar refractivity (Wildman–Crippen MR) is 123 cm³/mol. The highest BCUT2D eigenvalue weighted by molar-refractivity contribution is 6.05. The maximum Gasteiger partial charge on any atom is 0.272 e. The first kappa shape index (κ1) is 20.8. The molecule has 2 aliphatic heterocycles. The molecule has 33 heavy (non-hydrogen) atoms. The molecule has 3 heterocycles. The Labute approximate surface area is 192 Å². The lowest BCUT2D eigenvalue weighted by Crippen LogP contribution is -2.60. The van der Waals surface area contributed by atoms with Crippen LogP contribution in [0.1, 0.15) is 41.7 Å². The Morgan fingerprint density at radius 1 is 1.06 bits per heavy atom. The molecule has 2 bridgehead atoms. The Morgan fingerprint density at radius 2 is 1.79 bits per heavy atom. The first-order valence-electron chi connectivity index (χ1n) is 12.0. The van der Waals surface area contributed by atoms with Crippen molar-refractivity contribution >= 4 is 16.8 Å². The van der Waals surface area contributed by atoms with Gasteiger partial charge in [0.1, 0.15) is 5.82 Å². The first-order chi connectivity index (χ1) is 16.1. The zero-order valence-electron chi connectivity index (χ0n) is 18.6. The number of ether oxygens (including phenoxy) is 1.